The van der Waals surface area contributed by atoms with E-state index in [2.05, 4.69) is 30.3 Å². The van der Waals surface area contributed by atoms with Crippen molar-refractivity contribution in [2.45, 2.75) is 69.2 Å². The van der Waals surface area contributed by atoms with Crippen LogP contribution in [0.1, 0.15) is 51.9 Å². The molecule has 0 aliphatic heterocycles. The molecule has 0 aromatic carbocycles. The topological polar surface area (TPSA) is 12.0 Å². The number of hydrogen-bond acceptors (Lipinski definition) is 2. The van der Waals surface area contributed by atoms with E-state index in [-0.39, 0.29) is 0 Å². The fraction of sp³-hybridized carbons (Fsp3) is 1.00. The van der Waals surface area contributed by atoms with Crippen LogP contribution in [0.4, 0.5) is 0 Å². The molecule has 0 saturated heterocycles. The molecule has 2 heteroatoms. The third kappa shape index (κ3) is 3.13. The van der Waals surface area contributed by atoms with Crippen molar-refractivity contribution in [3.05, 3.63) is 0 Å². The van der Waals surface area contributed by atoms with Crippen molar-refractivity contribution < 1.29 is 0 Å². The molecule has 0 aromatic heterocycles. The number of nitrogens with one attached hydrogen (secondary N) is 1. The summed E-state index contributed by atoms with van der Waals surface area (Å²) in [6.07, 6.45) is 12.3. The Bertz CT molecular complexity index is 191. The maximum atomic E-state index is 3.95. The summed E-state index contributed by atoms with van der Waals surface area (Å²) in [7, 11) is 0. The van der Waals surface area contributed by atoms with Crippen LogP contribution in [-0.4, -0.2) is 23.6 Å². The van der Waals surface area contributed by atoms with E-state index in [4.69, 9.17) is 0 Å². The van der Waals surface area contributed by atoms with Crippen molar-refractivity contribution in [1.82, 2.24) is 5.32 Å². The molecule has 2 aliphatic carbocycles. The van der Waals surface area contributed by atoms with Crippen LogP contribution in [0.3, 0.4) is 0 Å². The molecule has 1 nitrogen and oxygen atoms in total. The Labute approximate surface area is 98.8 Å². The zero-order valence-corrected chi connectivity index (χ0v) is 11.0. The Hall–Kier alpha value is 0.310. The number of thioether (sulfide) groups is 1. The Balaban J connectivity index is 1.84. The molecule has 0 radical (unpaired) electrons. The summed E-state index contributed by atoms with van der Waals surface area (Å²) in [5, 5.41) is 4.83. The maximum Gasteiger partial charge on any atom is 0.0198 e. The van der Waals surface area contributed by atoms with Gasteiger partial charge in [-0.15, -0.1) is 0 Å². The van der Waals surface area contributed by atoms with E-state index in [0.717, 1.165) is 23.3 Å². The Morgan fingerprint density at radius 3 is 2.53 bits per heavy atom. The number of rotatable bonds is 5. The Morgan fingerprint density at radius 2 is 1.93 bits per heavy atom. The van der Waals surface area contributed by atoms with Gasteiger partial charge in [0, 0.05) is 17.3 Å². The second kappa shape index (κ2) is 5.58. The van der Waals surface area contributed by atoms with Crippen LogP contribution in [0.15, 0.2) is 0 Å². The van der Waals surface area contributed by atoms with Gasteiger partial charge in [0.25, 0.3) is 0 Å². The second-order valence-corrected chi connectivity index (χ2v) is 6.26. The summed E-state index contributed by atoms with van der Waals surface area (Å²) in [6, 6.07) is 1.63. The van der Waals surface area contributed by atoms with E-state index in [1.165, 1.54) is 44.9 Å². The highest BCUT2D eigenvalue weighted by atomic mass is 32.2. The van der Waals surface area contributed by atoms with Crippen LogP contribution in [0.2, 0.25) is 0 Å². The summed E-state index contributed by atoms with van der Waals surface area (Å²) in [5.74, 6) is 1.01. The van der Waals surface area contributed by atoms with Crippen molar-refractivity contribution in [3.8, 4) is 0 Å². The van der Waals surface area contributed by atoms with Gasteiger partial charge in [-0.25, -0.2) is 0 Å². The van der Waals surface area contributed by atoms with Crippen LogP contribution in [-0.2, 0) is 0 Å². The highest BCUT2D eigenvalue weighted by Gasteiger charge is 2.33. The summed E-state index contributed by atoms with van der Waals surface area (Å²) in [6.45, 7) is 2.34. The van der Waals surface area contributed by atoms with E-state index in [1.807, 2.05) is 0 Å². The normalized spacial score (nSPS) is 34.0. The van der Waals surface area contributed by atoms with E-state index in [0.29, 0.717) is 0 Å². The van der Waals surface area contributed by atoms with Gasteiger partial charge in [0.05, 0.1) is 0 Å². The van der Waals surface area contributed by atoms with Gasteiger partial charge < -0.3 is 5.32 Å². The Morgan fingerprint density at radius 1 is 1.20 bits per heavy atom. The zero-order chi connectivity index (χ0) is 10.7. The lowest BCUT2D eigenvalue weighted by molar-refractivity contribution is 0.322. The molecule has 88 valence electrons. The molecule has 3 atom stereocenters. The third-order valence-corrected chi connectivity index (χ3v) is 5.23. The van der Waals surface area contributed by atoms with Crippen molar-refractivity contribution in [1.29, 1.82) is 0 Å². The van der Waals surface area contributed by atoms with Crippen molar-refractivity contribution >= 4 is 11.8 Å². The van der Waals surface area contributed by atoms with Crippen LogP contribution >= 0.6 is 11.8 Å². The van der Waals surface area contributed by atoms with Gasteiger partial charge in [0.1, 0.15) is 0 Å². The van der Waals surface area contributed by atoms with Crippen molar-refractivity contribution in [3.63, 3.8) is 0 Å². The minimum Gasteiger partial charge on any atom is -0.310 e. The first-order valence-corrected chi connectivity index (χ1v) is 7.92. The molecule has 0 bridgehead atoms. The average molecular weight is 227 g/mol. The van der Waals surface area contributed by atoms with Crippen LogP contribution in [0.5, 0.6) is 0 Å². The van der Waals surface area contributed by atoms with Gasteiger partial charge in [-0.05, 0) is 44.3 Å². The Kier molecular flexibility index (Phi) is 4.39. The van der Waals surface area contributed by atoms with E-state index in [9.17, 15) is 0 Å². The molecule has 1 N–H and O–H groups in total. The molecule has 2 aliphatic rings. The summed E-state index contributed by atoms with van der Waals surface area (Å²) >= 11 is 2.08. The monoisotopic (exact) mass is 227 g/mol. The molecule has 0 amide bonds. The molecular weight excluding hydrogens is 202 g/mol. The smallest absolute Gasteiger partial charge is 0.0198 e. The molecule has 15 heavy (non-hydrogen) atoms. The SMILES string of the molecule is CCC(NC1CCCCC1SC)C1CC1. The molecule has 2 saturated carbocycles. The standard InChI is InChI=1S/C13H25NS/c1-3-11(10-8-9-10)14-12-6-4-5-7-13(12)15-2/h10-14H,3-9H2,1-2H3. The lowest BCUT2D eigenvalue weighted by atomic mass is 9.93. The minimum atomic E-state index is 0.805. The van der Waals surface area contributed by atoms with Crippen LogP contribution in [0.25, 0.3) is 0 Å². The van der Waals surface area contributed by atoms with Gasteiger partial charge in [-0.2, -0.15) is 11.8 Å². The summed E-state index contributed by atoms with van der Waals surface area (Å²) in [5.41, 5.74) is 0. The van der Waals surface area contributed by atoms with E-state index < -0.39 is 0 Å². The molecule has 2 fully saturated rings. The van der Waals surface area contributed by atoms with Gasteiger partial charge in [0.2, 0.25) is 0 Å². The van der Waals surface area contributed by atoms with Gasteiger partial charge in [-0.1, -0.05) is 19.8 Å². The fourth-order valence-electron chi connectivity index (χ4n) is 2.93. The minimum absolute atomic E-state index is 0.805. The quantitative estimate of drug-likeness (QED) is 0.772. The van der Waals surface area contributed by atoms with Gasteiger partial charge >= 0.3 is 0 Å². The molecule has 0 aromatic rings. The highest BCUT2D eigenvalue weighted by molar-refractivity contribution is 7.99. The number of hydrogen-bond donors (Lipinski definition) is 1. The maximum absolute atomic E-state index is 3.95. The lowest BCUT2D eigenvalue weighted by Gasteiger charge is -2.34. The van der Waals surface area contributed by atoms with Crippen LogP contribution < -0.4 is 5.32 Å². The molecule has 2 rings (SSSR count). The lowest BCUT2D eigenvalue weighted by Crippen LogP contribution is -2.46. The molecule has 3 unspecified atom stereocenters. The predicted molar refractivity (Wildman–Crippen MR) is 69.5 cm³/mol. The van der Waals surface area contributed by atoms with Gasteiger partial charge in [0.15, 0.2) is 0 Å². The average Bonchev–Trinajstić information content (AvgIpc) is 3.10. The summed E-state index contributed by atoms with van der Waals surface area (Å²) in [4.78, 5) is 0. The van der Waals surface area contributed by atoms with Crippen molar-refractivity contribution in [2.24, 2.45) is 5.92 Å². The first-order valence-electron chi connectivity index (χ1n) is 6.64. The zero-order valence-electron chi connectivity index (χ0n) is 10.2. The predicted octanol–water partition coefficient (Wildman–Crippen LogP) is 3.44. The largest absolute Gasteiger partial charge is 0.310 e. The fourth-order valence-corrected chi connectivity index (χ4v) is 3.88. The molecule has 0 heterocycles. The first kappa shape index (κ1) is 11.8. The molecular formula is C13H25NS. The van der Waals surface area contributed by atoms with Gasteiger partial charge in [-0.3, -0.25) is 0 Å². The van der Waals surface area contributed by atoms with Crippen LogP contribution in [0, 0.1) is 5.92 Å². The molecule has 0 spiro atoms. The first-order chi connectivity index (χ1) is 7.35. The van der Waals surface area contributed by atoms with E-state index in [1.54, 1.807) is 0 Å². The second-order valence-electron chi connectivity index (χ2n) is 5.18. The third-order valence-electron chi connectivity index (χ3n) is 4.06. The van der Waals surface area contributed by atoms with E-state index >= 15 is 0 Å². The van der Waals surface area contributed by atoms with Crippen molar-refractivity contribution in [2.75, 3.05) is 6.26 Å². The summed E-state index contributed by atoms with van der Waals surface area (Å²) < 4.78 is 0. The highest BCUT2D eigenvalue weighted by Crippen LogP contribution is 2.36.